The Labute approximate surface area is 156 Å². The number of nitrogen functional groups attached to an aromatic ring is 1. The van der Waals surface area contributed by atoms with Crippen LogP contribution in [-0.4, -0.2) is 37.0 Å². The highest BCUT2D eigenvalue weighted by Gasteiger charge is 2.09. The number of ether oxygens (including phenoxy) is 1. The summed E-state index contributed by atoms with van der Waals surface area (Å²) in [5.41, 5.74) is 8.91. The van der Waals surface area contributed by atoms with Crippen LogP contribution in [0.25, 0.3) is 0 Å². The van der Waals surface area contributed by atoms with Gasteiger partial charge < -0.3 is 20.7 Å². The molecule has 0 heterocycles. The first-order chi connectivity index (χ1) is 12.5. The van der Waals surface area contributed by atoms with Crippen LogP contribution in [0.2, 0.25) is 0 Å². The molecule has 0 spiro atoms. The number of carbonyl (C=O) groups is 1. The molecule has 0 aliphatic heterocycles. The highest BCUT2D eigenvalue weighted by atomic mass is 16.5. The summed E-state index contributed by atoms with van der Waals surface area (Å²) in [5.74, 6) is 0.730. The summed E-state index contributed by atoms with van der Waals surface area (Å²) in [5, 5.41) is 2.93. The molecule has 0 bridgehead atoms. The zero-order valence-electron chi connectivity index (χ0n) is 15.9. The molecular weight excluding hydrogens is 326 g/mol. The minimum Gasteiger partial charge on any atom is -0.492 e. The number of nitrogens with two attached hydrogens (primary N) is 1. The molecule has 0 unspecified atom stereocenters. The van der Waals surface area contributed by atoms with E-state index in [0.29, 0.717) is 24.4 Å². The minimum absolute atomic E-state index is 0.116. The lowest BCUT2D eigenvalue weighted by Crippen LogP contribution is -2.27. The van der Waals surface area contributed by atoms with E-state index in [2.05, 4.69) is 24.1 Å². The Morgan fingerprint density at radius 3 is 2.46 bits per heavy atom. The molecule has 5 nitrogen and oxygen atoms in total. The van der Waals surface area contributed by atoms with Crippen molar-refractivity contribution in [1.82, 2.24) is 10.2 Å². The maximum atomic E-state index is 12.3. The zero-order valence-corrected chi connectivity index (χ0v) is 15.9. The highest BCUT2D eigenvalue weighted by molar-refractivity contribution is 5.96. The van der Waals surface area contributed by atoms with Crippen LogP contribution in [0.15, 0.2) is 42.5 Å². The van der Waals surface area contributed by atoms with Crippen molar-refractivity contribution < 1.29 is 9.53 Å². The molecule has 0 radical (unpaired) electrons. The molecule has 3 N–H and O–H groups in total. The van der Waals surface area contributed by atoms with Gasteiger partial charge in [0.15, 0.2) is 0 Å². The lowest BCUT2D eigenvalue weighted by molar-refractivity contribution is 0.0950. The number of benzene rings is 2. The first kappa shape index (κ1) is 19.8. The third-order valence-electron chi connectivity index (χ3n) is 4.45. The van der Waals surface area contributed by atoms with Gasteiger partial charge in [0.2, 0.25) is 0 Å². The van der Waals surface area contributed by atoms with E-state index >= 15 is 0 Å². The predicted molar refractivity (Wildman–Crippen MR) is 106 cm³/mol. The summed E-state index contributed by atoms with van der Waals surface area (Å²) >= 11 is 0. The van der Waals surface area contributed by atoms with Crippen LogP contribution in [0.3, 0.4) is 0 Å². The number of rotatable bonds is 9. The maximum absolute atomic E-state index is 12.3. The molecule has 0 saturated heterocycles. The fourth-order valence-corrected chi connectivity index (χ4v) is 2.70. The van der Waals surface area contributed by atoms with E-state index in [1.165, 1.54) is 0 Å². The number of hydrogen-bond acceptors (Lipinski definition) is 4. The molecular formula is C21H29N3O2. The second kappa shape index (κ2) is 9.82. The highest BCUT2D eigenvalue weighted by Crippen LogP contribution is 2.14. The smallest absolute Gasteiger partial charge is 0.251 e. The summed E-state index contributed by atoms with van der Waals surface area (Å²) in [6.07, 6.45) is 0. The van der Waals surface area contributed by atoms with Gasteiger partial charge in [-0.3, -0.25) is 4.79 Å². The summed E-state index contributed by atoms with van der Waals surface area (Å²) < 4.78 is 5.78. The quantitative estimate of drug-likeness (QED) is 0.678. The molecule has 26 heavy (non-hydrogen) atoms. The van der Waals surface area contributed by atoms with E-state index in [4.69, 9.17) is 10.5 Å². The van der Waals surface area contributed by atoms with Crippen LogP contribution in [0.1, 0.15) is 35.3 Å². The lowest BCUT2D eigenvalue weighted by Gasteiger charge is -2.18. The van der Waals surface area contributed by atoms with Gasteiger partial charge in [0.05, 0.1) is 0 Å². The second-order valence-corrected chi connectivity index (χ2v) is 6.28. The van der Waals surface area contributed by atoms with Crippen molar-refractivity contribution >= 4 is 11.6 Å². The predicted octanol–water partition coefficient (Wildman–Crippen LogP) is 3.23. The van der Waals surface area contributed by atoms with Crippen molar-refractivity contribution in [3.05, 3.63) is 59.2 Å². The number of anilines is 1. The Morgan fingerprint density at radius 2 is 1.81 bits per heavy atom. The first-order valence-electron chi connectivity index (χ1n) is 9.12. The van der Waals surface area contributed by atoms with E-state index in [-0.39, 0.29) is 5.91 Å². The average Bonchev–Trinajstić information content (AvgIpc) is 2.66. The largest absolute Gasteiger partial charge is 0.492 e. The van der Waals surface area contributed by atoms with Gasteiger partial charge in [0.25, 0.3) is 5.91 Å². The molecule has 2 rings (SSSR count). The molecule has 0 aromatic heterocycles. The second-order valence-electron chi connectivity index (χ2n) is 6.28. The van der Waals surface area contributed by atoms with Gasteiger partial charge in [-0.25, -0.2) is 0 Å². The van der Waals surface area contributed by atoms with Crippen molar-refractivity contribution in [2.75, 3.05) is 32.0 Å². The summed E-state index contributed by atoms with van der Waals surface area (Å²) in [6, 6.07) is 13.2. The van der Waals surface area contributed by atoms with E-state index in [9.17, 15) is 4.79 Å². The van der Waals surface area contributed by atoms with E-state index in [0.717, 1.165) is 36.5 Å². The monoisotopic (exact) mass is 355 g/mol. The fraction of sp³-hybridized carbons (Fsp3) is 0.381. The van der Waals surface area contributed by atoms with E-state index in [1.54, 1.807) is 12.1 Å². The molecule has 5 heteroatoms. The van der Waals surface area contributed by atoms with Gasteiger partial charge in [-0.05, 0) is 55.4 Å². The Bertz CT molecular complexity index is 710. The molecule has 140 valence electrons. The number of likely N-dealkylation sites (N-methyl/N-ethyl adjacent to an activating group) is 1. The Hall–Kier alpha value is -2.53. The molecule has 0 saturated carbocycles. The summed E-state index contributed by atoms with van der Waals surface area (Å²) in [6.45, 7) is 10.3. The van der Waals surface area contributed by atoms with Crippen LogP contribution in [-0.2, 0) is 6.54 Å². The van der Waals surface area contributed by atoms with Gasteiger partial charge in [0, 0.05) is 24.3 Å². The van der Waals surface area contributed by atoms with Gasteiger partial charge >= 0.3 is 0 Å². The number of carbonyl (C=O) groups excluding carboxylic acids is 1. The molecule has 0 atom stereocenters. The first-order valence-corrected chi connectivity index (χ1v) is 9.12. The zero-order chi connectivity index (χ0) is 18.9. The lowest BCUT2D eigenvalue weighted by atomic mass is 10.1. The van der Waals surface area contributed by atoms with E-state index in [1.807, 2.05) is 37.3 Å². The summed E-state index contributed by atoms with van der Waals surface area (Å²) in [4.78, 5) is 14.6. The van der Waals surface area contributed by atoms with Crippen molar-refractivity contribution in [2.45, 2.75) is 27.3 Å². The van der Waals surface area contributed by atoms with Crippen LogP contribution >= 0.6 is 0 Å². The SMILES string of the molecule is CCN(CC)CCOc1ccc(CNC(=O)c2cc(N)ccc2C)cc1. The molecule has 0 aliphatic rings. The fourth-order valence-electron chi connectivity index (χ4n) is 2.70. The normalized spacial score (nSPS) is 10.8. The number of amides is 1. The van der Waals surface area contributed by atoms with Gasteiger partial charge in [0.1, 0.15) is 12.4 Å². The number of hydrogen-bond donors (Lipinski definition) is 2. The minimum atomic E-state index is -0.116. The molecule has 0 fully saturated rings. The number of aryl methyl sites for hydroxylation is 1. The number of nitrogens with one attached hydrogen (secondary N) is 1. The van der Waals surface area contributed by atoms with Crippen molar-refractivity contribution in [1.29, 1.82) is 0 Å². The molecule has 0 aliphatic carbocycles. The van der Waals surface area contributed by atoms with Crippen LogP contribution in [0.4, 0.5) is 5.69 Å². The van der Waals surface area contributed by atoms with Crippen molar-refractivity contribution in [2.24, 2.45) is 0 Å². The Morgan fingerprint density at radius 1 is 1.12 bits per heavy atom. The van der Waals surface area contributed by atoms with Crippen LogP contribution < -0.4 is 15.8 Å². The average molecular weight is 355 g/mol. The molecule has 2 aromatic carbocycles. The molecule has 1 amide bonds. The third kappa shape index (κ3) is 5.77. The van der Waals surface area contributed by atoms with Gasteiger partial charge in [-0.2, -0.15) is 0 Å². The Balaban J connectivity index is 1.83. The van der Waals surface area contributed by atoms with Crippen molar-refractivity contribution in [3.8, 4) is 5.75 Å². The third-order valence-corrected chi connectivity index (χ3v) is 4.45. The van der Waals surface area contributed by atoms with Crippen molar-refractivity contribution in [3.63, 3.8) is 0 Å². The van der Waals surface area contributed by atoms with Gasteiger partial charge in [-0.1, -0.05) is 32.0 Å². The van der Waals surface area contributed by atoms with Gasteiger partial charge in [-0.15, -0.1) is 0 Å². The topological polar surface area (TPSA) is 67.6 Å². The summed E-state index contributed by atoms with van der Waals surface area (Å²) in [7, 11) is 0. The molecule has 2 aromatic rings. The maximum Gasteiger partial charge on any atom is 0.251 e. The van der Waals surface area contributed by atoms with E-state index < -0.39 is 0 Å². The number of nitrogens with zero attached hydrogens (tertiary/aromatic N) is 1. The van der Waals surface area contributed by atoms with Crippen LogP contribution in [0.5, 0.6) is 5.75 Å². The Kier molecular flexibility index (Phi) is 7.48. The standard InChI is InChI=1S/C21H29N3O2/c1-4-24(5-2)12-13-26-19-10-7-17(8-11-19)15-23-21(25)20-14-18(22)9-6-16(20)3/h6-11,14H,4-5,12-13,15,22H2,1-3H3,(H,23,25). The van der Waals surface area contributed by atoms with Crippen LogP contribution in [0, 0.1) is 6.92 Å².